The van der Waals surface area contributed by atoms with E-state index < -0.39 is 22.4 Å². The third-order valence-electron chi connectivity index (χ3n) is 3.18. The maximum Gasteiger partial charge on any atom is 0.433 e. The molecule has 0 atom stereocenters. The lowest BCUT2D eigenvalue weighted by atomic mass is 10.1. The number of benzene rings is 1. The van der Waals surface area contributed by atoms with E-state index in [4.69, 9.17) is 0 Å². The summed E-state index contributed by atoms with van der Waals surface area (Å²) in [5.74, 6) is 0. The predicted molar refractivity (Wildman–Crippen MR) is 72.9 cm³/mol. The van der Waals surface area contributed by atoms with Crippen molar-refractivity contribution >= 4 is 11.3 Å². The maximum absolute atomic E-state index is 12.8. The van der Waals surface area contributed by atoms with E-state index in [0.29, 0.717) is 11.6 Å². The van der Waals surface area contributed by atoms with Crippen molar-refractivity contribution in [3.63, 3.8) is 0 Å². The van der Waals surface area contributed by atoms with E-state index in [1.807, 2.05) is 0 Å². The highest BCUT2D eigenvalue weighted by atomic mass is 19.4. The van der Waals surface area contributed by atoms with Crippen LogP contribution in [0.2, 0.25) is 0 Å². The van der Waals surface area contributed by atoms with Crippen LogP contribution in [-0.2, 0) is 6.18 Å². The summed E-state index contributed by atoms with van der Waals surface area (Å²) in [5.41, 5.74) is -1.96. The van der Waals surface area contributed by atoms with E-state index in [9.17, 15) is 28.1 Å². The summed E-state index contributed by atoms with van der Waals surface area (Å²) < 4.78 is 39.2. The lowest BCUT2D eigenvalue weighted by molar-refractivity contribution is -0.384. The molecule has 0 unspecified atom stereocenters. The lowest BCUT2D eigenvalue weighted by Gasteiger charge is -2.06. The fourth-order valence-corrected chi connectivity index (χ4v) is 2.10. The molecular weight excluding hydrogens is 317 g/mol. The molecule has 0 amide bonds. The van der Waals surface area contributed by atoms with Crippen molar-refractivity contribution < 1.29 is 18.1 Å². The van der Waals surface area contributed by atoms with E-state index in [1.54, 1.807) is 0 Å². The number of nitrogens with zero attached hydrogens (tertiary/aromatic N) is 3. The summed E-state index contributed by atoms with van der Waals surface area (Å²) in [6.45, 7) is 0. The van der Waals surface area contributed by atoms with Crippen LogP contribution in [0.4, 0.5) is 18.9 Å². The fraction of sp³-hybridized carbons (Fsp3) is 0.0769. The molecule has 23 heavy (non-hydrogen) atoms. The van der Waals surface area contributed by atoms with Crippen LogP contribution in [0.25, 0.3) is 16.8 Å². The Morgan fingerprint density at radius 1 is 1.22 bits per heavy atom. The minimum Gasteiger partial charge on any atom is -0.296 e. The van der Waals surface area contributed by atoms with Gasteiger partial charge < -0.3 is 0 Å². The molecule has 1 aromatic carbocycles. The molecule has 10 heteroatoms. The first kappa shape index (κ1) is 14.8. The molecule has 3 rings (SSSR count). The van der Waals surface area contributed by atoms with Crippen LogP contribution in [0.3, 0.4) is 0 Å². The van der Waals surface area contributed by atoms with E-state index in [2.05, 4.69) is 10.1 Å². The molecule has 0 radical (unpaired) electrons. The molecule has 7 nitrogen and oxygen atoms in total. The van der Waals surface area contributed by atoms with Crippen LogP contribution in [0.5, 0.6) is 0 Å². The third kappa shape index (κ3) is 2.54. The summed E-state index contributed by atoms with van der Waals surface area (Å²) in [5, 5.41) is 13.1. The average molecular weight is 324 g/mol. The quantitative estimate of drug-likeness (QED) is 0.579. The van der Waals surface area contributed by atoms with Crippen LogP contribution in [0, 0.1) is 10.1 Å². The molecule has 0 bridgehead atoms. The second kappa shape index (κ2) is 4.93. The Balaban J connectivity index is 2.20. The van der Waals surface area contributed by atoms with Gasteiger partial charge in [0.05, 0.1) is 4.92 Å². The molecule has 0 saturated carbocycles. The van der Waals surface area contributed by atoms with Gasteiger partial charge in [-0.05, 0) is 17.7 Å². The van der Waals surface area contributed by atoms with Crippen LogP contribution in [0.1, 0.15) is 5.69 Å². The maximum atomic E-state index is 12.8. The molecule has 3 aromatic rings. The molecule has 0 spiro atoms. The highest BCUT2D eigenvalue weighted by molar-refractivity contribution is 5.77. The molecule has 118 valence electrons. The Bertz CT molecular complexity index is 957. The second-order valence-corrected chi connectivity index (χ2v) is 4.63. The van der Waals surface area contributed by atoms with Crippen molar-refractivity contribution in [3.05, 3.63) is 62.7 Å². The van der Waals surface area contributed by atoms with Gasteiger partial charge in [-0.15, -0.1) is 0 Å². The molecule has 0 aliphatic heterocycles. The van der Waals surface area contributed by atoms with Crippen LogP contribution >= 0.6 is 0 Å². The number of rotatable bonds is 2. The number of nitro groups is 1. The lowest BCUT2D eigenvalue weighted by Crippen LogP contribution is -2.19. The van der Waals surface area contributed by atoms with Crippen molar-refractivity contribution in [2.24, 2.45) is 0 Å². The monoisotopic (exact) mass is 324 g/mol. The zero-order chi connectivity index (χ0) is 16.8. The number of hydrogen-bond donors (Lipinski definition) is 1. The zero-order valence-electron chi connectivity index (χ0n) is 11.2. The Morgan fingerprint density at radius 3 is 2.43 bits per heavy atom. The number of hydrogen-bond acceptors (Lipinski definition) is 4. The van der Waals surface area contributed by atoms with Gasteiger partial charge >= 0.3 is 6.18 Å². The molecular formula is C13H7F3N4O3. The molecule has 2 aromatic heterocycles. The summed E-state index contributed by atoms with van der Waals surface area (Å²) >= 11 is 0. The van der Waals surface area contributed by atoms with Crippen molar-refractivity contribution in [2.45, 2.75) is 6.18 Å². The first-order valence-electron chi connectivity index (χ1n) is 6.20. The SMILES string of the molecule is O=c1cc(C(F)(F)F)nc2c(-c3ccc([N+](=O)[O-])cc3)c[nH]n12. The van der Waals surface area contributed by atoms with Gasteiger partial charge in [-0.3, -0.25) is 20.0 Å². The second-order valence-electron chi connectivity index (χ2n) is 4.63. The Kier molecular flexibility index (Phi) is 3.17. The van der Waals surface area contributed by atoms with Gasteiger partial charge in [0.15, 0.2) is 11.3 Å². The summed E-state index contributed by atoms with van der Waals surface area (Å²) in [6.07, 6.45) is -3.44. The number of H-pyrrole nitrogens is 1. The third-order valence-corrected chi connectivity index (χ3v) is 3.18. The summed E-state index contributed by atoms with van der Waals surface area (Å²) in [4.78, 5) is 25.2. The minimum absolute atomic E-state index is 0.158. The number of aromatic amines is 1. The standard InChI is InChI=1S/C13H7F3N4O3/c14-13(15,16)10-5-11(21)19-12(18-10)9(6-17-19)7-1-3-8(4-2-7)20(22)23/h1-6,17H. The highest BCUT2D eigenvalue weighted by Gasteiger charge is 2.34. The van der Waals surface area contributed by atoms with Crippen LogP contribution in [0.15, 0.2) is 41.3 Å². The average Bonchev–Trinajstić information content (AvgIpc) is 2.91. The van der Waals surface area contributed by atoms with E-state index in [-0.39, 0.29) is 16.9 Å². The van der Waals surface area contributed by atoms with Crippen molar-refractivity contribution in [2.75, 3.05) is 0 Å². The number of fused-ring (bicyclic) bond motifs is 1. The highest BCUT2D eigenvalue weighted by Crippen LogP contribution is 2.29. The largest absolute Gasteiger partial charge is 0.433 e. The van der Waals surface area contributed by atoms with E-state index in [0.717, 1.165) is 4.52 Å². The number of halogens is 3. The first-order valence-corrected chi connectivity index (χ1v) is 6.20. The number of nitro benzene ring substituents is 1. The normalized spacial score (nSPS) is 11.8. The molecule has 0 fully saturated rings. The van der Waals surface area contributed by atoms with Gasteiger partial charge in [-0.1, -0.05) is 0 Å². The van der Waals surface area contributed by atoms with Crippen LogP contribution < -0.4 is 5.56 Å². The van der Waals surface area contributed by atoms with Crippen molar-refractivity contribution in [1.82, 2.24) is 14.6 Å². The van der Waals surface area contributed by atoms with Crippen LogP contribution in [-0.4, -0.2) is 19.5 Å². The van der Waals surface area contributed by atoms with E-state index >= 15 is 0 Å². The predicted octanol–water partition coefficient (Wildman–Crippen LogP) is 2.62. The van der Waals surface area contributed by atoms with Gasteiger partial charge in [-0.2, -0.15) is 13.2 Å². The number of aromatic nitrogens is 3. The molecule has 0 aliphatic carbocycles. The summed E-state index contributed by atoms with van der Waals surface area (Å²) in [6, 6.07) is 5.56. The van der Waals surface area contributed by atoms with Crippen molar-refractivity contribution in [3.8, 4) is 11.1 Å². The topological polar surface area (TPSA) is 93.3 Å². The van der Waals surface area contributed by atoms with Gasteiger partial charge in [0.1, 0.15) is 0 Å². The number of alkyl halides is 3. The number of non-ortho nitro benzene ring substituents is 1. The zero-order valence-corrected chi connectivity index (χ0v) is 11.2. The molecule has 1 N–H and O–H groups in total. The van der Waals surface area contributed by atoms with Gasteiger partial charge in [0.2, 0.25) is 0 Å². The van der Waals surface area contributed by atoms with E-state index in [1.165, 1.54) is 30.5 Å². The molecule has 0 aliphatic rings. The molecule has 0 saturated heterocycles. The number of nitrogens with one attached hydrogen (secondary N) is 1. The van der Waals surface area contributed by atoms with Gasteiger partial charge in [-0.25, -0.2) is 9.50 Å². The first-order chi connectivity index (χ1) is 10.8. The van der Waals surface area contributed by atoms with Gasteiger partial charge in [0.25, 0.3) is 11.2 Å². The minimum atomic E-state index is -4.75. The summed E-state index contributed by atoms with van der Waals surface area (Å²) in [7, 11) is 0. The smallest absolute Gasteiger partial charge is 0.296 e. The Hall–Kier alpha value is -3.17. The van der Waals surface area contributed by atoms with Gasteiger partial charge in [0, 0.05) is 30.0 Å². The molecule has 2 heterocycles. The fourth-order valence-electron chi connectivity index (χ4n) is 2.10. The Labute approximate surface area is 125 Å². The van der Waals surface area contributed by atoms with Crippen molar-refractivity contribution in [1.29, 1.82) is 0 Å². The Morgan fingerprint density at radius 2 is 1.87 bits per heavy atom.